The summed E-state index contributed by atoms with van der Waals surface area (Å²) in [5.41, 5.74) is 3.95. The Hall–Kier alpha value is -0.510. The van der Waals surface area contributed by atoms with Gasteiger partial charge in [0.15, 0.2) is 0 Å². The van der Waals surface area contributed by atoms with Gasteiger partial charge in [0.1, 0.15) is 0 Å². The molecular formula is C12H11BrCl2N2. The largest absolute Gasteiger partial charge is 0.236 e. The van der Waals surface area contributed by atoms with Crippen molar-refractivity contribution >= 4 is 39.1 Å². The molecule has 0 aliphatic heterocycles. The number of rotatable bonds is 2. The van der Waals surface area contributed by atoms with Gasteiger partial charge in [-0.1, -0.05) is 11.6 Å². The fourth-order valence-electron chi connectivity index (χ4n) is 1.73. The molecule has 17 heavy (non-hydrogen) atoms. The molecule has 0 atom stereocenters. The fourth-order valence-corrected chi connectivity index (χ4v) is 2.38. The molecule has 0 spiro atoms. The molecule has 0 radical (unpaired) electrons. The van der Waals surface area contributed by atoms with Crippen molar-refractivity contribution in [2.24, 2.45) is 0 Å². The standard InChI is InChI=1S/C12H11BrCl2N2/c1-7-12(13)8(2)17(16-7)11-4-3-10(15)5-9(11)6-14/h3-5H,6H2,1-2H3. The van der Waals surface area contributed by atoms with Crippen molar-refractivity contribution in [3.05, 3.63) is 44.6 Å². The van der Waals surface area contributed by atoms with Crippen LogP contribution in [0.2, 0.25) is 5.02 Å². The number of nitrogens with zero attached hydrogens (tertiary/aromatic N) is 2. The third kappa shape index (κ3) is 2.37. The lowest BCUT2D eigenvalue weighted by Crippen LogP contribution is -2.02. The highest BCUT2D eigenvalue weighted by molar-refractivity contribution is 9.10. The summed E-state index contributed by atoms with van der Waals surface area (Å²) in [6.45, 7) is 3.97. The van der Waals surface area contributed by atoms with Crippen molar-refractivity contribution in [1.82, 2.24) is 9.78 Å². The monoisotopic (exact) mass is 332 g/mol. The summed E-state index contributed by atoms with van der Waals surface area (Å²) in [7, 11) is 0. The number of benzene rings is 1. The van der Waals surface area contributed by atoms with E-state index in [4.69, 9.17) is 23.2 Å². The molecular weight excluding hydrogens is 323 g/mol. The average molecular weight is 334 g/mol. The fraction of sp³-hybridized carbons (Fsp3) is 0.250. The van der Waals surface area contributed by atoms with Crippen LogP contribution in [0, 0.1) is 13.8 Å². The maximum Gasteiger partial charge on any atom is 0.0743 e. The van der Waals surface area contributed by atoms with Gasteiger partial charge in [0.25, 0.3) is 0 Å². The molecule has 1 aromatic carbocycles. The molecule has 1 aromatic heterocycles. The normalized spacial score (nSPS) is 10.9. The van der Waals surface area contributed by atoms with Crippen LogP contribution < -0.4 is 0 Å². The van der Waals surface area contributed by atoms with Gasteiger partial charge in [-0.3, -0.25) is 0 Å². The van der Waals surface area contributed by atoms with Gasteiger partial charge in [-0.15, -0.1) is 11.6 Å². The lowest BCUT2D eigenvalue weighted by Gasteiger charge is -2.09. The Bertz CT molecular complexity index is 564. The van der Waals surface area contributed by atoms with E-state index >= 15 is 0 Å². The van der Waals surface area contributed by atoms with Gasteiger partial charge in [0.05, 0.1) is 21.5 Å². The van der Waals surface area contributed by atoms with E-state index in [2.05, 4.69) is 21.0 Å². The zero-order valence-corrected chi connectivity index (χ0v) is 12.6. The van der Waals surface area contributed by atoms with Crippen molar-refractivity contribution in [2.45, 2.75) is 19.7 Å². The van der Waals surface area contributed by atoms with Crippen LogP contribution in [0.25, 0.3) is 5.69 Å². The summed E-state index contributed by atoms with van der Waals surface area (Å²) in [5.74, 6) is 0.409. The second kappa shape index (κ2) is 5.01. The maximum absolute atomic E-state index is 5.96. The van der Waals surface area contributed by atoms with Crippen LogP contribution in [0.4, 0.5) is 0 Å². The summed E-state index contributed by atoms with van der Waals surface area (Å²) in [5, 5.41) is 5.17. The Balaban J connectivity index is 2.64. The third-order valence-corrected chi connectivity index (χ3v) is 4.29. The number of halogens is 3. The molecule has 0 amide bonds. The quantitative estimate of drug-likeness (QED) is 0.732. The molecule has 5 heteroatoms. The van der Waals surface area contributed by atoms with E-state index in [0.717, 1.165) is 27.1 Å². The molecule has 2 rings (SSSR count). The number of hydrogen-bond acceptors (Lipinski definition) is 1. The smallest absolute Gasteiger partial charge is 0.0743 e. The summed E-state index contributed by atoms with van der Waals surface area (Å²) in [6, 6.07) is 5.65. The van der Waals surface area contributed by atoms with E-state index in [-0.39, 0.29) is 0 Å². The van der Waals surface area contributed by atoms with Crippen molar-refractivity contribution in [2.75, 3.05) is 0 Å². The SMILES string of the molecule is Cc1nn(-c2ccc(Cl)cc2CCl)c(C)c1Br. The Morgan fingerprint density at radius 1 is 1.35 bits per heavy atom. The van der Waals surface area contributed by atoms with Crippen LogP contribution in [-0.4, -0.2) is 9.78 Å². The van der Waals surface area contributed by atoms with Gasteiger partial charge < -0.3 is 0 Å². The van der Waals surface area contributed by atoms with E-state index in [1.165, 1.54) is 0 Å². The van der Waals surface area contributed by atoms with Gasteiger partial charge in [-0.2, -0.15) is 5.10 Å². The first-order valence-corrected chi connectivity index (χ1v) is 6.81. The molecule has 2 aromatic rings. The van der Waals surface area contributed by atoms with E-state index in [1.807, 2.05) is 36.7 Å². The molecule has 0 saturated heterocycles. The predicted octanol–water partition coefficient (Wildman–Crippen LogP) is 4.64. The predicted molar refractivity (Wildman–Crippen MR) is 75.3 cm³/mol. The Morgan fingerprint density at radius 3 is 2.59 bits per heavy atom. The molecule has 0 N–H and O–H groups in total. The molecule has 0 saturated carbocycles. The third-order valence-electron chi connectivity index (χ3n) is 2.62. The zero-order valence-electron chi connectivity index (χ0n) is 9.47. The highest BCUT2D eigenvalue weighted by Gasteiger charge is 2.13. The van der Waals surface area contributed by atoms with E-state index in [1.54, 1.807) is 0 Å². The highest BCUT2D eigenvalue weighted by Crippen LogP contribution is 2.27. The Kier molecular flexibility index (Phi) is 3.81. The van der Waals surface area contributed by atoms with Crippen LogP contribution in [0.3, 0.4) is 0 Å². The van der Waals surface area contributed by atoms with E-state index in [9.17, 15) is 0 Å². The molecule has 2 nitrogen and oxygen atoms in total. The zero-order chi connectivity index (χ0) is 12.6. The molecule has 0 fully saturated rings. The van der Waals surface area contributed by atoms with Gasteiger partial charge in [-0.25, -0.2) is 4.68 Å². The van der Waals surface area contributed by atoms with Gasteiger partial charge >= 0.3 is 0 Å². The minimum Gasteiger partial charge on any atom is -0.236 e. The van der Waals surface area contributed by atoms with Crippen LogP contribution in [0.5, 0.6) is 0 Å². The lowest BCUT2D eigenvalue weighted by molar-refractivity contribution is 0.826. The summed E-state index contributed by atoms with van der Waals surface area (Å²) in [6.07, 6.45) is 0. The Morgan fingerprint density at radius 2 is 2.06 bits per heavy atom. The van der Waals surface area contributed by atoms with Crippen molar-refractivity contribution < 1.29 is 0 Å². The Labute approximate surface area is 119 Å². The number of aromatic nitrogens is 2. The first kappa shape index (κ1) is 12.9. The first-order chi connectivity index (χ1) is 8.04. The second-order valence-corrected chi connectivity index (χ2v) is 5.30. The number of aryl methyl sites for hydroxylation is 1. The van der Waals surface area contributed by atoms with Crippen LogP contribution in [0.15, 0.2) is 22.7 Å². The first-order valence-electron chi connectivity index (χ1n) is 5.11. The van der Waals surface area contributed by atoms with Crippen molar-refractivity contribution in [3.8, 4) is 5.69 Å². The maximum atomic E-state index is 5.96. The lowest BCUT2D eigenvalue weighted by atomic mass is 10.2. The van der Waals surface area contributed by atoms with E-state index in [0.29, 0.717) is 10.9 Å². The van der Waals surface area contributed by atoms with E-state index < -0.39 is 0 Å². The topological polar surface area (TPSA) is 17.8 Å². The highest BCUT2D eigenvalue weighted by atomic mass is 79.9. The molecule has 0 unspecified atom stereocenters. The molecule has 0 aliphatic carbocycles. The minimum atomic E-state index is 0.409. The van der Waals surface area contributed by atoms with Crippen LogP contribution in [-0.2, 0) is 5.88 Å². The van der Waals surface area contributed by atoms with Gasteiger partial charge in [0.2, 0.25) is 0 Å². The average Bonchev–Trinajstić information content (AvgIpc) is 2.57. The summed E-state index contributed by atoms with van der Waals surface area (Å²) >= 11 is 15.4. The van der Waals surface area contributed by atoms with Gasteiger partial charge in [-0.05, 0) is 53.5 Å². The van der Waals surface area contributed by atoms with Crippen molar-refractivity contribution in [1.29, 1.82) is 0 Å². The second-order valence-electron chi connectivity index (χ2n) is 3.80. The summed E-state index contributed by atoms with van der Waals surface area (Å²) < 4.78 is 2.90. The molecule has 0 bridgehead atoms. The number of hydrogen-bond donors (Lipinski definition) is 0. The minimum absolute atomic E-state index is 0.409. The molecule has 90 valence electrons. The molecule has 1 heterocycles. The molecule has 0 aliphatic rings. The van der Waals surface area contributed by atoms with Crippen molar-refractivity contribution in [3.63, 3.8) is 0 Å². The van der Waals surface area contributed by atoms with Crippen LogP contribution >= 0.6 is 39.1 Å². The van der Waals surface area contributed by atoms with Crippen LogP contribution in [0.1, 0.15) is 17.0 Å². The number of alkyl halides is 1. The van der Waals surface area contributed by atoms with Gasteiger partial charge in [0, 0.05) is 10.9 Å². The summed E-state index contributed by atoms with van der Waals surface area (Å²) in [4.78, 5) is 0.